The van der Waals surface area contributed by atoms with Gasteiger partial charge in [-0.2, -0.15) is 0 Å². The number of nitrogens with two attached hydrogens (primary N) is 2. The van der Waals surface area contributed by atoms with Gasteiger partial charge in [-0.3, -0.25) is 9.59 Å². The van der Waals surface area contributed by atoms with Crippen LogP contribution in [0.5, 0.6) is 5.75 Å². The van der Waals surface area contributed by atoms with Crippen molar-refractivity contribution in [2.75, 3.05) is 12.8 Å². The van der Waals surface area contributed by atoms with Crippen LogP contribution in [0.2, 0.25) is 0 Å². The summed E-state index contributed by atoms with van der Waals surface area (Å²) < 4.78 is 5.10. The molecule has 2 rings (SSSR count). The van der Waals surface area contributed by atoms with E-state index >= 15 is 0 Å². The van der Waals surface area contributed by atoms with Crippen molar-refractivity contribution in [2.45, 2.75) is 38.4 Å². The molecule has 2 aromatic rings. The standard InChI is InChI=1S/C20H27N5O3/c1-13(19(26)24-12-15-10-17(28-2)18(22)23-11-15)25-20(27)16(21)9-8-14-6-4-3-5-7-14/h3-7,10-11,13,16H,8-9,12,21H2,1-2H3,(H2,22,23)(H,24,26)(H,25,27). The van der Waals surface area contributed by atoms with Gasteiger partial charge in [-0.15, -0.1) is 0 Å². The van der Waals surface area contributed by atoms with Crippen LogP contribution in [0.25, 0.3) is 0 Å². The molecule has 1 heterocycles. The molecule has 0 fully saturated rings. The normalized spacial score (nSPS) is 12.7. The molecule has 0 spiro atoms. The molecule has 2 amide bonds. The van der Waals surface area contributed by atoms with E-state index in [0.29, 0.717) is 18.6 Å². The van der Waals surface area contributed by atoms with Crippen LogP contribution in [0.3, 0.4) is 0 Å². The summed E-state index contributed by atoms with van der Waals surface area (Å²) in [4.78, 5) is 28.5. The third-order valence-electron chi connectivity index (χ3n) is 4.30. The summed E-state index contributed by atoms with van der Waals surface area (Å²) in [6.07, 6.45) is 2.75. The summed E-state index contributed by atoms with van der Waals surface area (Å²) in [6, 6.07) is 10.1. The number of rotatable bonds is 9. The maximum absolute atomic E-state index is 12.2. The molecular formula is C20H27N5O3. The fourth-order valence-electron chi connectivity index (χ4n) is 2.58. The molecule has 0 bridgehead atoms. The van der Waals surface area contributed by atoms with Gasteiger partial charge in [-0.05, 0) is 37.0 Å². The van der Waals surface area contributed by atoms with Gasteiger partial charge in [0, 0.05) is 12.7 Å². The number of benzene rings is 1. The topological polar surface area (TPSA) is 132 Å². The zero-order valence-electron chi connectivity index (χ0n) is 16.1. The third-order valence-corrected chi connectivity index (χ3v) is 4.30. The number of ether oxygens (including phenoxy) is 1. The largest absolute Gasteiger partial charge is 0.493 e. The van der Waals surface area contributed by atoms with Crippen LogP contribution in [0.15, 0.2) is 42.6 Å². The monoisotopic (exact) mass is 385 g/mol. The Bertz CT molecular complexity index is 798. The predicted molar refractivity (Wildman–Crippen MR) is 107 cm³/mol. The number of amides is 2. The van der Waals surface area contributed by atoms with E-state index in [-0.39, 0.29) is 24.2 Å². The Morgan fingerprint density at radius 3 is 2.57 bits per heavy atom. The summed E-state index contributed by atoms with van der Waals surface area (Å²) >= 11 is 0. The molecule has 0 aliphatic heterocycles. The summed E-state index contributed by atoms with van der Waals surface area (Å²) in [5, 5.41) is 5.39. The minimum absolute atomic E-state index is 0.239. The second-order valence-electron chi connectivity index (χ2n) is 6.51. The van der Waals surface area contributed by atoms with E-state index in [4.69, 9.17) is 16.2 Å². The van der Waals surface area contributed by atoms with Gasteiger partial charge in [0.25, 0.3) is 0 Å². The van der Waals surface area contributed by atoms with Crippen molar-refractivity contribution in [3.63, 3.8) is 0 Å². The van der Waals surface area contributed by atoms with Crippen LogP contribution in [-0.2, 0) is 22.6 Å². The van der Waals surface area contributed by atoms with Gasteiger partial charge < -0.3 is 26.8 Å². The smallest absolute Gasteiger partial charge is 0.242 e. The Balaban J connectivity index is 1.78. The van der Waals surface area contributed by atoms with Crippen molar-refractivity contribution in [3.05, 3.63) is 53.7 Å². The van der Waals surface area contributed by atoms with Crippen molar-refractivity contribution in [1.82, 2.24) is 15.6 Å². The molecule has 150 valence electrons. The highest BCUT2D eigenvalue weighted by Gasteiger charge is 2.20. The highest BCUT2D eigenvalue weighted by atomic mass is 16.5. The second-order valence-corrected chi connectivity index (χ2v) is 6.51. The number of hydrogen-bond acceptors (Lipinski definition) is 6. The zero-order valence-corrected chi connectivity index (χ0v) is 16.1. The molecule has 0 aliphatic carbocycles. The maximum atomic E-state index is 12.2. The summed E-state index contributed by atoms with van der Waals surface area (Å²) in [5.41, 5.74) is 13.5. The molecule has 28 heavy (non-hydrogen) atoms. The number of carbonyl (C=O) groups is 2. The number of nitrogen functional groups attached to an aromatic ring is 1. The lowest BCUT2D eigenvalue weighted by molar-refractivity contribution is -0.129. The molecule has 2 unspecified atom stereocenters. The number of aromatic nitrogens is 1. The fraction of sp³-hybridized carbons (Fsp3) is 0.350. The van der Waals surface area contributed by atoms with Crippen molar-refractivity contribution in [1.29, 1.82) is 0 Å². The van der Waals surface area contributed by atoms with E-state index in [0.717, 1.165) is 11.1 Å². The molecule has 0 saturated carbocycles. The zero-order chi connectivity index (χ0) is 20.5. The van der Waals surface area contributed by atoms with Crippen LogP contribution >= 0.6 is 0 Å². The molecule has 0 saturated heterocycles. The quantitative estimate of drug-likeness (QED) is 0.504. The van der Waals surface area contributed by atoms with E-state index < -0.39 is 12.1 Å². The number of methoxy groups -OCH3 is 1. The van der Waals surface area contributed by atoms with E-state index in [9.17, 15) is 9.59 Å². The van der Waals surface area contributed by atoms with Gasteiger partial charge >= 0.3 is 0 Å². The summed E-state index contributed by atoms with van der Waals surface area (Å²) in [7, 11) is 1.49. The van der Waals surface area contributed by atoms with E-state index in [1.807, 2.05) is 30.3 Å². The maximum Gasteiger partial charge on any atom is 0.242 e. The van der Waals surface area contributed by atoms with E-state index in [1.165, 1.54) is 7.11 Å². The molecule has 1 aromatic carbocycles. The van der Waals surface area contributed by atoms with Crippen LogP contribution < -0.4 is 26.8 Å². The Labute approximate surface area is 164 Å². The third kappa shape index (κ3) is 6.24. The van der Waals surface area contributed by atoms with E-state index in [2.05, 4.69) is 15.6 Å². The van der Waals surface area contributed by atoms with Crippen LogP contribution in [0.1, 0.15) is 24.5 Å². The number of carbonyl (C=O) groups excluding carboxylic acids is 2. The first-order valence-electron chi connectivity index (χ1n) is 9.06. The van der Waals surface area contributed by atoms with Gasteiger partial charge in [-0.1, -0.05) is 30.3 Å². The second kappa shape index (κ2) is 10.3. The van der Waals surface area contributed by atoms with E-state index in [1.54, 1.807) is 19.2 Å². The summed E-state index contributed by atoms with van der Waals surface area (Å²) in [6.45, 7) is 1.85. The highest BCUT2D eigenvalue weighted by molar-refractivity contribution is 5.89. The SMILES string of the molecule is COc1cc(CNC(=O)C(C)NC(=O)C(N)CCc2ccccc2)cnc1N. The van der Waals surface area contributed by atoms with Crippen LogP contribution in [0.4, 0.5) is 5.82 Å². The van der Waals surface area contributed by atoms with Crippen molar-refractivity contribution in [3.8, 4) is 5.75 Å². The lowest BCUT2D eigenvalue weighted by Gasteiger charge is -2.17. The van der Waals surface area contributed by atoms with Gasteiger partial charge in [0.15, 0.2) is 11.6 Å². The average molecular weight is 385 g/mol. The molecule has 1 aromatic heterocycles. The first-order chi connectivity index (χ1) is 13.4. The van der Waals surface area contributed by atoms with Crippen LogP contribution in [0, 0.1) is 0 Å². The van der Waals surface area contributed by atoms with Crippen molar-refractivity contribution in [2.24, 2.45) is 5.73 Å². The van der Waals surface area contributed by atoms with Gasteiger partial charge in [0.2, 0.25) is 11.8 Å². The Morgan fingerprint density at radius 2 is 1.89 bits per heavy atom. The predicted octanol–water partition coefficient (Wildman–Crippen LogP) is 0.753. The average Bonchev–Trinajstić information content (AvgIpc) is 2.71. The lowest BCUT2D eigenvalue weighted by atomic mass is 10.1. The Morgan fingerprint density at radius 1 is 1.18 bits per heavy atom. The fourth-order valence-corrected chi connectivity index (χ4v) is 2.58. The van der Waals surface area contributed by atoms with Crippen molar-refractivity contribution < 1.29 is 14.3 Å². The number of nitrogens with zero attached hydrogens (tertiary/aromatic N) is 1. The number of anilines is 1. The van der Waals surface area contributed by atoms with Gasteiger partial charge in [-0.25, -0.2) is 4.98 Å². The Hall–Kier alpha value is -3.13. The van der Waals surface area contributed by atoms with Gasteiger partial charge in [0.05, 0.1) is 13.2 Å². The molecule has 8 nitrogen and oxygen atoms in total. The number of aryl methyl sites for hydroxylation is 1. The summed E-state index contributed by atoms with van der Waals surface area (Å²) in [5.74, 6) is 0.0500. The lowest BCUT2D eigenvalue weighted by Crippen LogP contribution is -2.50. The molecular weight excluding hydrogens is 358 g/mol. The molecule has 0 aliphatic rings. The first-order valence-corrected chi connectivity index (χ1v) is 9.06. The minimum Gasteiger partial charge on any atom is -0.493 e. The Kier molecular flexibility index (Phi) is 7.76. The van der Waals surface area contributed by atoms with Crippen LogP contribution in [-0.4, -0.2) is 36.0 Å². The molecule has 8 heteroatoms. The highest BCUT2D eigenvalue weighted by Crippen LogP contribution is 2.18. The number of nitrogens with one attached hydrogen (secondary N) is 2. The number of hydrogen-bond donors (Lipinski definition) is 4. The van der Waals surface area contributed by atoms with Gasteiger partial charge in [0.1, 0.15) is 6.04 Å². The molecule has 0 radical (unpaired) electrons. The number of pyridine rings is 1. The first kappa shape index (κ1) is 21.2. The minimum atomic E-state index is -0.709. The molecule has 2 atom stereocenters. The van der Waals surface area contributed by atoms with Crippen molar-refractivity contribution >= 4 is 17.6 Å². The molecule has 6 N–H and O–H groups in total.